The molecule has 0 aliphatic carbocycles. The smallest absolute Gasteiger partial charge is 0.187 e. The van der Waals surface area contributed by atoms with Gasteiger partial charge in [0.2, 0.25) is 0 Å². The first-order chi connectivity index (χ1) is 13.7. The summed E-state index contributed by atoms with van der Waals surface area (Å²) in [6.07, 6.45) is -17.4. The molecule has 14 heteroatoms. The predicted octanol–water partition coefficient (Wildman–Crippen LogP) is -5.16. The monoisotopic (exact) mass is 430 g/mol. The highest BCUT2D eigenvalue weighted by molar-refractivity contribution is 4.90. The van der Waals surface area contributed by atoms with Crippen molar-refractivity contribution in [3.8, 4) is 0 Å². The fraction of sp³-hybridized carbons (Fsp3) is 1.00. The molecule has 0 aromatic rings. The van der Waals surface area contributed by atoms with Crippen LogP contribution in [0.25, 0.3) is 0 Å². The van der Waals surface area contributed by atoms with Crippen molar-refractivity contribution in [3.05, 3.63) is 0 Å². The van der Waals surface area contributed by atoms with Crippen molar-refractivity contribution in [2.24, 2.45) is 0 Å². The maximum atomic E-state index is 10.3. The van der Waals surface area contributed by atoms with Gasteiger partial charge in [0.1, 0.15) is 48.8 Å². The molecule has 0 spiro atoms. The van der Waals surface area contributed by atoms with Crippen LogP contribution in [0.15, 0.2) is 0 Å². The Kier molecular flexibility index (Phi) is 7.74. The van der Waals surface area contributed by atoms with E-state index in [9.17, 15) is 35.7 Å². The fourth-order valence-corrected chi connectivity index (χ4v) is 3.25. The number of aliphatic hydroxyl groups is 7. The second-order valence-electron chi connectivity index (χ2n) is 7.07. The molecule has 14 nitrogen and oxygen atoms in total. The zero-order chi connectivity index (χ0) is 21.3. The average Bonchev–Trinajstić information content (AvgIpc) is 2.70. The Morgan fingerprint density at radius 2 is 1.10 bits per heavy atom. The normalized spacial score (nSPS) is 51.7. The van der Waals surface area contributed by atoms with Crippen LogP contribution in [-0.4, -0.2) is 135 Å². The van der Waals surface area contributed by atoms with Gasteiger partial charge in [0.05, 0.1) is 19.8 Å². The molecule has 0 aromatic carbocycles. The van der Waals surface area contributed by atoms with Gasteiger partial charge < -0.3 is 59.4 Å². The van der Waals surface area contributed by atoms with E-state index in [1.807, 2.05) is 0 Å². The summed E-state index contributed by atoms with van der Waals surface area (Å²) in [5.41, 5.74) is 0. The van der Waals surface area contributed by atoms with E-state index >= 15 is 0 Å². The second kappa shape index (κ2) is 9.71. The van der Waals surface area contributed by atoms with Gasteiger partial charge in [0.15, 0.2) is 25.0 Å². The molecule has 0 unspecified atom stereocenters. The highest BCUT2D eigenvalue weighted by Gasteiger charge is 2.48. The van der Waals surface area contributed by atoms with Crippen LogP contribution < -0.4 is 0 Å². The van der Waals surface area contributed by atoms with Gasteiger partial charge in [0.25, 0.3) is 0 Å². The van der Waals surface area contributed by atoms with E-state index in [4.69, 9.17) is 28.9 Å². The molecule has 3 heterocycles. The molecule has 29 heavy (non-hydrogen) atoms. The molecular weight excluding hydrogens is 404 g/mol. The topological polar surface area (TPSA) is 217 Å². The van der Waals surface area contributed by atoms with Crippen LogP contribution in [0.1, 0.15) is 0 Å². The van der Waals surface area contributed by atoms with Gasteiger partial charge in [0, 0.05) is 0 Å². The van der Waals surface area contributed by atoms with E-state index in [0.717, 1.165) is 0 Å². The van der Waals surface area contributed by atoms with Gasteiger partial charge in [-0.1, -0.05) is 0 Å². The Balaban J connectivity index is 1.55. The van der Waals surface area contributed by atoms with Gasteiger partial charge in [-0.2, -0.15) is 0 Å². The van der Waals surface area contributed by atoms with Gasteiger partial charge in [-0.05, 0) is 0 Å². The summed E-state index contributed by atoms with van der Waals surface area (Å²) in [7, 11) is 0. The summed E-state index contributed by atoms with van der Waals surface area (Å²) >= 11 is 0. The van der Waals surface area contributed by atoms with Crippen molar-refractivity contribution in [1.29, 1.82) is 0 Å². The van der Waals surface area contributed by atoms with Crippen molar-refractivity contribution in [3.63, 3.8) is 0 Å². The Morgan fingerprint density at radius 3 is 1.72 bits per heavy atom. The number of rotatable bonds is 5. The highest BCUT2D eigenvalue weighted by atomic mass is 17.1. The molecule has 0 bridgehead atoms. The molecular formula is C15H26O14. The number of hydrogen-bond donors (Lipinski definition) is 8. The molecule has 3 saturated heterocycles. The van der Waals surface area contributed by atoms with Gasteiger partial charge in [-0.15, -0.1) is 0 Å². The zero-order valence-corrected chi connectivity index (χ0v) is 15.1. The minimum atomic E-state index is -1.66. The quantitative estimate of drug-likeness (QED) is 0.151. The summed E-state index contributed by atoms with van der Waals surface area (Å²) in [5, 5.41) is 77.8. The summed E-state index contributed by atoms with van der Waals surface area (Å²) in [6, 6.07) is 0. The summed E-state index contributed by atoms with van der Waals surface area (Å²) in [5.74, 6) is 0. The largest absolute Gasteiger partial charge is 0.388 e. The maximum absolute atomic E-state index is 10.3. The molecule has 12 atom stereocenters. The maximum Gasteiger partial charge on any atom is 0.187 e. The Hall–Kier alpha value is -0.560. The van der Waals surface area contributed by atoms with Crippen molar-refractivity contribution < 1.29 is 69.6 Å². The van der Waals surface area contributed by atoms with Crippen LogP contribution in [0.5, 0.6) is 0 Å². The minimum Gasteiger partial charge on any atom is -0.388 e. The molecule has 3 aliphatic rings. The number of ether oxygens (including phenoxy) is 5. The first-order valence-electron chi connectivity index (χ1n) is 8.97. The van der Waals surface area contributed by atoms with Gasteiger partial charge in [-0.3, -0.25) is 5.26 Å². The SMILES string of the molecule is OO[C@@H]1[C@@H](O)[C@H](O[C@@H]2OC[C@@H](O[C@@H]3OC[C@@H](O)[C@H](O)[C@H]3O)[C@H](O)[C@H]2O)CO[C@H]1O. The first kappa shape index (κ1) is 23.1. The molecule has 0 radical (unpaired) electrons. The molecule has 3 fully saturated rings. The lowest BCUT2D eigenvalue weighted by Crippen LogP contribution is -2.61. The van der Waals surface area contributed by atoms with Crippen LogP contribution in [0.4, 0.5) is 0 Å². The Bertz CT molecular complexity index is 523. The van der Waals surface area contributed by atoms with E-state index in [1.165, 1.54) is 0 Å². The number of hydrogen-bond acceptors (Lipinski definition) is 14. The van der Waals surface area contributed by atoms with Crippen LogP contribution >= 0.6 is 0 Å². The standard InChI is InChI=1S/C15H26O14/c16-4-1-25-14(10(20)7(4)17)27-5-3-26-15(11(21)8(5)18)28-6-2-24-13(22)12(29-23)9(6)19/h4-23H,1-3H2/t4-,5-,6-,7+,8+,9+,10-,11-,12-,13-,14+,15+/m1/s1. The van der Waals surface area contributed by atoms with Gasteiger partial charge >= 0.3 is 0 Å². The van der Waals surface area contributed by atoms with Crippen molar-refractivity contribution in [1.82, 2.24) is 0 Å². The van der Waals surface area contributed by atoms with E-state index in [2.05, 4.69) is 4.89 Å². The Labute approximate surface area is 164 Å². The summed E-state index contributed by atoms with van der Waals surface area (Å²) in [6.45, 7) is -0.937. The Morgan fingerprint density at radius 1 is 0.586 bits per heavy atom. The number of aliphatic hydroxyl groups excluding tert-OH is 7. The predicted molar refractivity (Wildman–Crippen MR) is 84.7 cm³/mol. The lowest BCUT2D eigenvalue weighted by molar-refractivity contribution is -0.385. The lowest BCUT2D eigenvalue weighted by atomic mass is 10.0. The molecule has 0 saturated carbocycles. The van der Waals surface area contributed by atoms with Crippen LogP contribution in [-0.2, 0) is 28.6 Å². The average molecular weight is 430 g/mol. The highest BCUT2D eigenvalue weighted by Crippen LogP contribution is 2.27. The summed E-state index contributed by atoms with van der Waals surface area (Å²) in [4.78, 5) is 3.96. The zero-order valence-electron chi connectivity index (χ0n) is 15.1. The van der Waals surface area contributed by atoms with E-state index < -0.39 is 73.8 Å². The molecule has 0 amide bonds. The molecule has 8 N–H and O–H groups in total. The second-order valence-corrected chi connectivity index (χ2v) is 7.07. The third-order valence-electron chi connectivity index (χ3n) is 5.06. The van der Waals surface area contributed by atoms with E-state index in [1.54, 1.807) is 0 Å². The van der Waals surface area contributed by atoms with Crippen LogP contribution in [0, 0.1) is 0 Å². The minimum absolute atomic E-state index is 0.305. The fourth-order valence-electron chi connectivity index (χ4n) is 3.25. The lowest BCUT2D eigenvalue weighted by Gasteiger charge is -2.43. The summed E-state index contributed by atoms with van der Waals surface area (Å²) < 4.78 is 26.0. The molecule has 0 aromatic heterocycles. The van der Waals surface area contributed by atoms with Crippen LogP contribution in [0.3, 0.4) is 0 Å². The van der Waals surface area contributed by atoms with E-state index in [-0.39, 0.29) is 19.8 Å². The van der Waals surface area contributed by atoms with Crippen LogP contribution in [0.2, 0.25) is 0 Å². The molecule has 3 rings (SSSR count). The van der Waals surface area contributed by atoms with Gasteiger partial charge in [-0.25, -0.2) is 4.89 Å². The first-order valence-corrected chi connectivity index (χ1v) is 8.97. The van der Waals surface area contributed by atoms with Crippen molar-refractivity contribution in [2.75, 3.05) is 19.8 Å². The van der Waals surface area contributed by atoms with E-state index in [0.29, 0.717) is 0 Å². The van der Waals surface area contributed by atoms with Crippen molar-refractivity contribution in [2.45, 2.75) is 73.8 Å². The molecule has 3 aliphatic heterocycles. The third kappa shape index (κ3) is 4.86. The third-order valence-corrected chi connectivity index (χ3v) is 5.06. The molecule has 170 valence electrons. The van der Waals surface area contributed by atoms with Crippen molar-refractivity contribution >= 4 is 0 Å².